The minimum Gasteiger partial charge on any atom is -0.280 e. The molecular weight excluding hydrogens is 266 g/mol. The average Bonchev–Trinajstić information content (AvgIpc) is 2.75. The molecule has 3 nitrogen and oxygen atoms in total. The molecule has 0 amide bonds. The molecule has 0 aliphatic carbocycles. The summed E-state index contributed by atoms with van der Waals surface area (Å²) < 4.78 is 26.1. The Balaban J connectivity index is 2.25. The van der Waals surface area contributed by atoms with Crippen molar-refractivity contribution in [2.24, 2.45) is 0 Å². The van der Waals surface area contributed by atoms with Gasteiger partial charge in [-0.2, -0.15) is 11.3 Å². The van der Waals surface area contributed by atoms with Crippen LogP contribution in [0.25, 0.3) is 0 Å². The number of nitrogens with one attached hydrogen (secondary N) is 1. The lowest BCUT2D eigenvalue weighted by molar-refractivity contribution is 0.601. The number of halogens is 1. The SMILES string of the molecule is O=S(=O)(Nc1ccc(Cl)cc1)c1ccsc1. The normalized spacial score (nSPS) is 11.3. The summed E-state index contributed by atoms with van der Waals surface area (Å²) in [6.45, 7) is 0. The molecule has 0 unspecified atom stereocenters. The minimum atomic E-state index is -3.47. The van der Waals surface area contributed by atoms with Crippen LogP contribution in [0.4, 0.5) is 5.69 Å². The fourth-order valence-corrected chi connectivity index (χ4v) is 3.35. The third-order valence-electron chi connectivity index (χ3n) is 1.90. The van der Waals surface area contributed by atoms with E-state index in [2.05, 4.69) is 4.72 Å². The highest BCUT2D eigenvalue weighted by Gasteiger charge is 2.13. The summed E-state index contributed by atoms with van der Waals surface area (Å²) >= 11 is 7.05. The van der Waals surface area contributed by atoms with Crippen LogP contribution < -0.4 is 4.72 Å². The Hall–Kier alpha value is -1.04. The van der Waals surface area contributed by atoms with E-state index < -0.39 is 10.0 Å². The van der Waals surface area contributed by atoms with Crippen molar-refractivity contribution >= 4 is 38.6 Å². The smallest absolute Gasteiger partial charge is 0.262 e. The van der Waals surface area contributed by atoms with E-state index in [-0.39, 0.29) is 4.90 Å². The Bertz CT molecular complexity index is 561. The molecule has 0 atom stereocenters. The van der Waals surface area contributed by atoms with Gasteiger partial charge in [-0.25, -0.2) is 8.42 Å². The molecule has 0 fully saturated rings. The maximum atomic E-state index is 11.8. The van der Waals surface area contributed by atoms with E-state index in [0.717, 1.165) is 0 Å². The Morgan fingerprint density at radius 1 is 1.12 bits per heavy atom. The first-order valence-corrected chi connectivity index (χ1v) is 7.19. The summed E-state index contributed by atoms with van der Waals surface area (Å²) in [5.41, 5.74) is 0.496. The van der Waals surface area contributed by atoms with E-state index in [9.17, 15) is 8.42 Å². The summed E-state index contributed by atoms with van der Waals surface area (Å²) in [7, 11) is -3.47. The van der Waals surface area contributed by atoms with Crippen molar-refractivity contribution < 1.29 is 8.42 Å². The lowest BCUT2D eigenvalue weighted by atomic mass is 10.3. The van der Waals surface area contributed by atoms with E-state index >= 15 is 0 Å². The van der Waals surface area contributed by atoms with Crippen molar-refractivity contribution in [3.05, 3.63) is 46.1 Å². The summed E-state index contributed by atoms with van der Waals surface area (Å²) in [6, 6.07) is 8.06. The molecule has 0 radical (unpaired) electrons. The zero-order valence-corrected chi connectivity index (χ0v) is 10.4. The Morgan fingerprint density at radius 3 is 2.38 bits per heavy atom. The van der Waals surface area contributed by atoms with Gasteiger partial charge in [0.15, 0.2) is 0 Å². The predicted octanol–water partition coefficient (Wildman–Crippen LogP) is 3.20. The van der Waals surface area contributed by atoms with Crippen molar-refractivity contribution in [2.75, 3.05) is 4.72 Å². The molecule has 84 valence electrons. The molecule has 0 aliphatic heterocycles. The average molecular weight is 274 g/mol. The van der Waals surface area contributed by atoms with Crippen molar-refractivity contribution in [2.45, 2.75) is 4.90 Å². The fraction of sp³-hybridized carbons (Fsp3) is 0. The topological polar surface area (TPSA) is 46.2 Å². The van der Waals surface area contributed by atoms with E-state index in [1.165, 1.54) is 11.3 Å². The van der Waals surface area contributed by atoms with Crippen LogP contribution in [0.5, 0.6) is 0 Å². The lowest BCUT2D eigenvalue weighted by Crippen LogP contribution is -2.11. The second kappa shape index (κ2) is 4.45. The Labute approximate surface area is 103 Å². The molecule has 2 aromatic rings. The highest BCUT2D eigenvalue weighted by atomic mass is 35.5. The molecule has 1 N–H and O–H groups in total. The molecule has 16 heavy (non-hydrogen) atoms. The second-order valence-corrected chi connectivity index (χ2v) is 5.97. The molecular formula is C10H8ClNO2S2. The van der Waals surface area contributed by atoms with Gasteiger partial charge in [0.1, 0.15) is 0 Å². The fourth-order valence-electron chi connectivity index (χ4n) is 1.14. The summed E-state index contributed by atoms with van der Waals surface area (Å²) in [4.78, 5) is 0.271. The standard InChI is InChI=1S/C10H8ClNO2S2/c11-8-1-3-9(4-2-8)12-16(13,14)10-5-6-15-7-10/h1-7,12H. The van der Waals surface area contributed by atoms with Crippen LogP contribution in [0.1, 0.15) is 0 Å². The largest absolute Gasteiger partial charge is 0.280 e. The van der Waals surface area contributed by atoms with Gasteiger partial charge in [-0.15, -0.1) is 0 Å². The minimum absolute atomic E-state index is 0.271. The first-order valence-electron chi connectivity index (χ1n) is 4.38. The maximum Gasteiger partial charge on any atom is 0.262 e. The van der Waals surface area contributed by atoms with Gasteiger partial charge in [0.2, 0.25) is 0 Å². The molecule has 1 aromatic heterocycles. The molecule has 6 heteroatoms. The summed E-state index contributed by atoms with van der Waals surface area (Å²) in [5, 5.41) is 3.87. The van der Waals surface area contributed by atoms with Gasteiger partial charge in [0.25, 0.3) is 10.0 Å². The molecule has 0 bridgehead atoms. The third-order valence-corrected chi connectivity index (χ3v) is 4.37. The lowest BCUT2D eigenvalue weighted by Gasteiger charge is -2.05. The van der Waals surface area contributed by atoms with Crippen LogP contribution in [0.3, 0.4) is 0 Å². The zero-order valence-electron chi connectivity index (χ0n) is 8.05. The molecule has 0 saturated carbocycles. The van der Waals surface area contributed by atoms with Crippen LogP contribution in [0.15, 0.2) is 46.0 Å². The van der Waals surface area contributed by atoms with Gasteiger partial charge in [-0.1, -0.05) is 11.6 Å². The molecule has 1 aromatic carbocycles. The van der Waals surface area contributed by atoms with E-state index in [1.807, 2.05) is 0 Å². The van der Waals surface area contributed by atoms with Crippen molar-refractivity contribution in [1.29, 1.82) is 0 Å². The van der Waals surface area contributed by atoms with E-state index in [0.29, 0.717) is 10.7 Å². The number of rotatable bonds is 3. The quantitative estimate of drug-likeness (QED) is 0.933. The van der Waals surface area contributed by atoms with Gasteiger partial charge in [-0.05, 0) is 35.7 Å². The number of hydrogen-bond donors (Lipinski definition) is 1. The monoisotopic (exact) mass is 273 g/mol. The number of thiophene rings is 1. The van der Waals surface area contributed by atoms with Gasteiger partial charge in [0, 0.05) is 16.1 Å². The molecule has 1 heterocycles. The third kappa shape index (κ3) is 2.55. The van der Waals surface area contributed by atoms with Gasteiger partial charge < -0.3 is 0 Å². The second-order valence-electron chi connectivity index (χ2n) is 3.07. The number of benzene rings is 1. The highest BCUT2D eigenvalue weighted by molar-refractivity contribution is 7.92. The molecule has 0 aliphatic rings. The highest BCUT2D eigenvalue weighted by Crippen LogP contribution is 2.19. The summed E-state index contributed by atoms with van der Waals surface area (Å²) in [5.74, 6) is 0. The van der Waals surface area contributed by atoms with Crippen molar-refractivity contribution in [1.82, 2.24) is 0 Å². The van der Waals surface area contributed by atoms with Gasteiger partial charge >= 0.3 is 0 Å². The van der Waals surface area contributed by atoms with Crippen molar-refractivity contribution in [3.63, 3.8) is 0 Å². The zero-order chi connectivity index (χ0) is 11.6. The molecule has 0 saturated heterocycles. The van der Waals surface area contributed by atoms with Gasteiger partial charge in [0.05, 0.1) is 4.90 Å². The van der Waals surface area contributed by atoms with Crippen LogP contribution >= 0.6 is 22.9 Å². The number of hydrogen-bond acceptors (Lipinski definition) is 3. The first kappa shape index (κ1) is 11.4. The summed E-state index contributed by atoms with van der Waals surface area (Å²) in [6.07, 6.45) is 0. The Morgan fingerprint density at radius 2 is 1.81 bits per heavy atom. The Kier molecular flexibility index (Phi) is 3.18. The molecule has 2 rings (SSSR count). The maximum absolute atomic E-state index is 11.8. The van der Waals surface area contributed by atoms with Crippen LogP contribution in [0, 0.1) is 0 Å². The van der Waals surface area contributed by atoms with Crippen LogP contribution in [0.2, 0.25) is 5.02 Å². The first-order chi connectivity index (χ1) is 7.58. The predicted molar refractivity (Wildman–Crippen MR) is 66.6 cm³/mol. The number of sulfonamides is 1. The van der Waals surface area contributed by atoms with Crippen molar-refractivity contribution in [3.8, 4) is 0 Å². The molecule has 0 spiro atoms. The van der Waals surface area contributed by atoms with Gasteiger partial charge in [-0.3, -0.25) is 4.72 Å². The van der Waals surface area contributed by atoms with Crippen LogP contribution in [-0.2, 0) is 10.0 Å². The van der Waals surface area contributed by atoms with E-state index in [4.69, 9.17) is 11.6 Å². The van der Waals surface area contributed by atoms with Crippen LogP contribution in [-0.4, -0.2) is 8.42 Å². The number of anilines is 1. The van der Waals surface area contributed by atoms with E-state index in [1.54, 1.807) is 41.1 Å².